The van der Waals surface area contributed by atoms with Crippen LogP contribution in [0.25, 0.3) is 0 Å². The number of hydrogen-bond donors (Lipinski definition) is 0. The van der Waals surface area contributed by atoms with E-state index in [9.17, 15) is 14.4 Å². The van der Waals surface area contributed by atoms with E-state index in [2.05, 4.69) is 118 Å². The molecule has 0 aromatic carbocycles. The molecular formula is C59H98O6. The van der Waals surface area contributed by atoms with Gasteiger partial charge in [0, 0.05) is 19.3 Å². The zero-order valence-corrected chi connectivity index (χ0v) is 42.2. The highest BCUT2D eigenvalue weighted by Gasteiger charge is 2.19. The largest absolute Gasteiger partial charge is 0.462 e. The molecule has 370 valence electrons. The summed E-state index contributed by atoms with van der Waals surface area (Å²) in [5.41, 5.74) is 0. The van der Waals surface area contributed by atoms with Crippen LogP contribution in [-0.2, 0) is 28.6 Å². The van der Waals surface area contributed by atoms with E-state index in [1.54, 1.807) is 0 Å². The Morgan fingerprint density at radius 3 is 0.938 bits per heavy atom. The van der Waals surface area contributed by atoms with E-state index in [0.717, 1.165) is 122 Å². The van der Waals surface area contributed by atoms with Gasteiger partial charge in [-0.2, -0.15) is 0 Å². The summed E-state index contributed by atoms with van der Waals surface area (Å²) in [6, 6.07) is 0. The Labute approximate surface area is 400 Å². The SMILES string of the molecule is CCCC/C=C\CCCCCCCC(=O)OC[C@@H](COC(=O)CCCCCC/C=C\C/C=C\C/C=C\CCCCC)OC(=O)CCCCC/C=C\C/C=C\C/C=C\C/C=C\CCCCC. The van der Waals surface area contributed by atoms with Gasteiger partial charge in [-0.15, -0.1) is 0 Å². The van der Waals surface area contributed by atoms with Gasteiger partial charge in [-0.3, -0.25) is 14.4 Å². The smallest absolute Gasteiger partial charge is 0.306 e. The molecule has 0 aliphatic rings. The van der Waals surface area contributed by atoms with E-state index in [-0.39, 0.29) is 37.5 Å². The third kappa shape index (κ3) is 51.2. The van der Waals surface area contributed by atoms with E-state index < -0.39 is 6.10 Å². The Bertz CT molecular complexity index is 1310. The van der Waals surface area contributed by atoms with Crippen molar-refractivity contribution >= 4 is 17.9 Å². The fourth-order valence-corrected chi connectivity index (χ4v) is 6.94. The second kappa shape index (κ2) is 52.9. The van der Waals surface area contributed by atoms with Crippen LogP contribution in [0.2, 0.25) is 0 Å². The molecule has 0 spiro atoms. The minimum absolute atomic E-state index is 0.103. The third-order valence-electron chi connectivity index (χ3n) is 11.0. The predicted molar refractivity (Wildman–Crippen MR) is 279 cm³/mol. The predicted octanol–water partition coefficient (Wildman–Crippen LogP) is 17.8. The first-order valence-corrected chi connectivity index (χ1v) is 26.7. The average molecular weight is 903 g/mol. The molecule has 0 heterocycles. The van der Waals surface area contributed by atoms with Crippen molar-refractivity contribution in [1.29, 1.82) is 0 Å². The highest BCUT2D eigenvalue weighted by atomic mass is 16.6. The van der Waals surface area contributed by atoms with Crippen molar-refractivity contribution in [3.05, 3.63) is 97.2 Å². The molecule has 0 saturated heterocycles. The molecule has 0 aliphatic carbocycles. The summed E-state index contributed by atoms with van der Waals surface area (Å²) < 4.78 is 16.8. The summed E-state index contributed by atoms with van der Waals surface area (Å²) in [6.45, 7) is 6.48. The maximum absolute atomic E-state index is 12.8. The molecule has 0 aliphatic heterocycles. The van der Waals surface area contributed by atoms with Gasteiger partial charge in [0.05, 0.1) is 0 Å². The molecule has 0 amide bonds. The lowest BCUT2D eigenvalue weighted by Gasteiger charge is -2.18. The molecule has 0 aromatic rings. The first kappa shape index (κ1) is 61.3. The highest BCUT2D eigenvalue weighted by Crippen LogP contribution is 2.12. The fourth-order valence-electron chi connectivity index (χ4n) is 6.94. The lowest BCUT2D eigenvalue weighted by Crippen LogP contribution is -2.30. The zero-order chi connectivity index (χ0) is 47.2. The van der Waals surface area contributed by atoms with Crippen molar-refractivity contribution in [2.24, 2.45) is 0 Å². The van der Waals surface area contributed by atoms with Gasteiger partial charge < -0.3 is 14.2 Å². The van der Waals surface area contributed by atoms with Gasteiger partial charge in [0.25, 0.3) is 0 Å². The third-order valence-corrected chi connectivity index (χ3v) is 11.0. The monoisotopic (exact) mass is 903 g/mol. The molecule has 0 radical (unpaired) electrons. The van der Waals surface area contributed by atoms with E-state index in [1.807, 2.05) is 0 Å². The first-order chi connectivity index (χ1) is 32.0. The van der Waals surface area contributed by atoms with Crippen LogP contribution in [0, 0.1) is 0 Å². The van der Waals surface area contributed by atoms with Crippen molar-refractivity contribution in [2.45, 2.75) is 245 Å². The van der Waals surface area contributed by atoms with Gasteiger partial charge in [-0.25, -0.2) is 0 Å². The lowest BCUT2D eigenvalue weighted by atomic mass is 10.1. The number of ether oxygens (including phenoxy) is 3. The van der Waals surface area contributed by atoms with Crippen LogP contribution in [0.5, 0.6) is 0 Å². The molecule has 6 nitrogen and oxygen atoms in total. The van der Waals surface area contributed by atoms with Crippen molar-refractivity contribution in [3.63, 3.8) is 0 Å². The normalized spacial score (nSPS) is 12.8. The summed E-state index contributed by atoms with van der Waals surface area (Å²) in [6.07, 6.45) is 69.6. The number of carbonyl (C=O) groups is 3. The van der Waals surface area contributed by atoms with Crippen molar-refractivity contribution < 1.29 is 28.6 Å². The second-order valence-corrected chi connectivity index (χ2v) is 17.4. The number of allylic oxidation sites excluding steroid dienone is 16. The molecule has 0 saturated carbocycles. The van der Waals surface area contributed by atoms with Gasteiger partial charge in [-0.05, 0) is 122 Å². The summed E-state index contributed by atoms with van der Waals surface area (Å²) >= 11 is 0. The standard InChI is InChI=1S/C59H98O6/c1-4-7-10-13-16-19-22-24-26-28-29-31-33-35-38-41-44-47-50-53-59(62)65-56(54-63-57(60)51-48-45-42-39-36-21-18-15-12-9-6-3)55-64-58(61)52-49-46-43-40-37-34-32-30-27-25-23-20-17-14-11-8-5-2/h15-20,24-27,29,31-32,34-35,38,56H,4-14,21-23,28,30,33,36-37,39-55H2,1-3H3/b18-15-,19-16-,20-17-,26-24-,27-25-,31-29-,34-32-,38-35-/t56-/m0/s1. The van der Waals surface area contributed by atoms with Crippen LogP contribution >= 0.6 is 0 Å². The lowest BCUT2D eigenvalue weighted by molar-refractivity contribution is -0.167. The Morgan fingerprint density at radius 2 is 0.569 bits per heavy atom. The Hall–Kier alpha value is -3.67. The summed E-state index contributed by atoms with van der Waals surface area (Å²) in [5.74, 6) is -0.969. The number of carbonyl (C=O) groups excluding carboxylic acids is 3. The molecule has 0 aromatic heterocycles. The summed E-state index contributed by atoms with van der Waals surface area (Å²) in [7, 11) is 0. The van der Waals surface area contributed by atoms with Crippen molar-refractivity contribution in [1.82, 2.24) is 0 Å². The minimum Gasteiger partial charge on any atom is -0.462 e. The van der Waals surface area contributed by atoms with Crippen LogP contribution in [0.3, 0.4) is 0 Å². The van der Waals surface area contributed by atoms with Gasteiger partial charge in [0.1, 0.15) is 13.2 Å². The number of rotatable bonds is 47. The number of unbranched alkanes of at least 4 members (excludes halogenated alkanes) is 20. The van der Waals surface area contributed by atoms with Gasteiger partial charge in [0.15, 0.2) is 6.10 Å². The van der Waals surface area contributed by atoms with E-state index in [4.69, 9.17) is 14.2 Å². The molecule has 0 bridgehead atoms. The Balaban J connectivity index is 4.49. The maximum atomic E-state index is 12.8. The van der Waals surface area contributed by atoms with Gasteiger partial charge in [0.2, 0.25) is 0 Å². The van der Waals surface area contributed by atoms with Crippen molar-refractivity contribution in [3.8, 4) is 0 Å². The zero-order valence-electron chi connectivity index (χ0n) is 42.2. The van der Waals surface area contributed by atoms with E-state index in [1.165, 1.54) is 77.0 Å². The topological polar surface area (TPSA) is 78.9 Å². The molecule has 65 heavy (non-hydrogen) atoms. The minimum atomic E-state index is -0.807. The Morgan fingerprint density at radius 1 is 0.308 bits per heavy atom. The molecule has 0 unspecified atom stereocenters. The average Bonchev–Trinajstić information content (AvgIpc) is 3.30. The maximum Gasteiger partial charge on any atom is 0.306 e. The van der Waals surface area contributed by atoms with Crippen LogP contribution in [0.1, 0.15) is 239 Å². The van der Waals surface area contributed by atoms with E-state index in [0.29, 0.717) is 12.8 Å². The van der Waals surface area contributed by atoms with E-state index >= 15 is 0 Å². The van der Waals surface area contributed by atoms with Gasteiger partial charge >= 0.3 is 17.9 Å². The fraction of sp³-hybridized carbons (Fsp3) is 0.678. The first-order valence-electron chi connectivity index (χ1n) is 26.7. The molecule has 0 N–H and O–H groups in total. The number of esters is 3. The summed E-state index contributed by atoms with van der Waals surface area (Å²) in [4.78, 5) is 38.0. The van der Waals surface area contributed by atoms with Crippen LogP contribution in [0.15, 0.2) is 97.2 Å². The summed E-state index contributed by atoms with van der Waals surface area (Å²) in [5, 5.41) is 0. The Kier molecular flexibility index (Phi) is 50.0. The van der Waals surface area contributed by atoms with Crippen LogP contribution in [0.4, 0.5) is 0 Å². The molecule has 0 fully saturated rings. The molecular weight excluding hydrogens is 805 g/mol. The van der Waals surface area contributed by atoms with Crippen LogP contribution < -0.4 is 0 Å². The quantitative estimate of drug-likeness (QED) is 0.0262. The van der Waals surface area contributed by atoms with Gasteiger partial charge in [-0.1, -0.05) is 195 Å². The molecule has 6 heteroatoms. The molecule has 0 rings (SSSR count). The second-order valence-electron chi connectivity index (χ2n) is 17.4. The van der Waals surface area contributed by atoms with Crippen LogP contribution in [-0.4, -0.2) is 37.2 Å². The molecule has 1 atom stereocenters. The highest BCUT2D eigenvalue weighted by molar-refractivity contribution is 5.71. The number of hydrogen-bond acceptors (Lipinski definition) is 6. The van der Waals surface area contributed by atoms with Crippen molar-refractivity contribution in [2.75, 3.05) is 13.2 Å².